The van der Waals surface area contributed by atoms with Crippen LogP contribution >= 0.6 is 0 Å². The molecule has 0 aliphatic heterocycles. The Morgan fingerprint density at radius 1 is 1.06 bits per heavy atom. The molecule has 4 nitrogen and oxygen atoms in total. The van der Waals surface area contributed by atoms with Crippen molar-refractivity contribution in [1.82, 2.24) is 0 Å². The normalized spacial score (nSPS) is 10.7. The monoisotopic (exact) mass is 262 g/mol. The molecule has 0 unspecified atom stereocenters. The first-order valence-electron chi connectivity index (χ1n) is 4.15. The predicted molar refractivity (Wildman–Crippen MR) is 42.9 cm³/mol. The molecule has 0 amide bonds. The number of esters is 2. The molecule has 17 heavy (non-hydrogen) atoms. The van der Waals surface area contributed by atoms with Crippen LogP contribution in [0.5, 0.6) is 0 Å². The fourth-order valence-electron chi connectivity index (χ4n) is 0.630. The lowest BCUT2D eigenvalue weighted by molar-refractivity contribution is -0.168. The molecule has 0 spiro atoms. The van der Waals surface area contributed by atoms with Crippen LogP contribution in [0.15, 0.2) is 11.7 Å². The molecule has 0 atom stereocenters. The van der Waals surface area contributed by atoms with Crippen LogP contribution in [-0.4, -0.2) is 31.3 Å². The minimum atomic E-state index is -5.34. The van der Waals surface area contributed by atoms with Crippen LogP contribution in [-0.2, 0) is 19.1 Å². The lowest BCUT2D eigenvalue weighted by Crippen LogP contribution is -2.25. The van der Waals surface area contributed by atoms with Crippen LogP contribution in [0.25, 0.3) is 0 Å². The summed E-state index contributed by atoms with van der Waals surface area (Å²) in [7, 11) is 0. The molecule has 0 fully saturated rings. The summed E-state index contributed by atoms with van der Waals surface area (Å²) < 4.78 is 67.3. The average Bonchev–Trinajstić information content (AvgIpc) is 2.15. The molecule has 0 radical (unpaired) electrons. The zero-order chi connectivity index (χ0) is 13.6. The Morgan fingerprint density at radius 3 is 1.88 bits per heavy atom. The highest BCUT2D eigenvalue weighted by molar-refractivity contribution is 6.29. The molecular weight excluding hydrogens is 255 g/mol. The highest BCUT2D eigenvalue weighted by Gasteiger charge is 2.39. The molecule has 0 rings (SSSR count). The smallest absolute Gasteiger partial charge is 0.421 e. The third-order valence-corrected chi connectivity index (χ3v) is 1.36. The molecule has 9 heteroatoms. The van der Waals surface area contributed by atoms with Gasteiger partial charge >= 0.3 is 18.1 Å². The highest BCUT2D eigenvalue weighted by Crippen LogP contribution is 2.29. The number of ether oxygens (including phenoxy) is 2. The van der Waals surface area contributed by atoms with Crippen LogP contribution < -0.4 is 0 Å². The van der Waals surface area contributed by atoms with E-state index < -0.39 is 36.4 Å². The fraction of sp³-hybridized carbons (Fsp3) is 0.500. The van der Waals surface area contributed by atoms with Gasteiger partial charge in [-0.15, -0.1) is 0 Å². The van der Waals surface area contributed by atoms with Crippen molar-refractivity contribution in [2.24, 2.45) is 0 Å². The van der Waals surface area contributed by atoms with Gasteiger partial charge in [-0.05, 0) is 6.92 Å². The summed E-state index contributed by atoms with van der Waals surface area (Å²) in [5.74, 6) is -3.32. The van der Waals surface area contributed by atoms with Gasteiger partial charge < -0.3 is 9.47 Å². The van der Waals surface area contributed by atoms with Crippen molar-refractivity contribution < 1.29 is 41.0 Å². The lowest BCUT2D eigenvalue weighted by atomic mass is 10.3. The first-order valence-corrected chi connectivity index (χ1v) is 4.15. The maximum Gasteiger partial charge on any atom is 0.421 e. The Bertz CT molecular complexity index is 329. The summed E-state index contributed by atoms with van der Waals surface area (Å²) in [4.78, 5) is 21.2. The van der Waals surface area contributed by atoms with Crippen LogP contribution in [0.4, 0.5) is 22.0 Å². The summed E-state index contributed by atoms with van der Waals surface area (Å²) in [6.07, 6.45) is -8.37. The van der Waals surface area contributed by atoms with Gasteiger partial charge in [0, 0.05) is 0 Å². The third-order valence-electron chi connectivity index (χ3n) is 1.36. The summed E-state index contributed by atoms with van der Waals surface area (Å²) in [6.45, 7) is -0.607. The predicted octanol–water partition coefficient (Wildman–Crippen LogP) is 1.81. The number of rotatable bonds is 3. The molecule has 0 saturated carbocycles. The van der Waals surface area contributed by atoms with E-state index in [2.05, 4.69) is 9.47 Å². The highest BCUT2D eigenvalue weighted by atomic mass is 19.4. The summed E-state index contributed by atoms with van der Waals surface area (Å²) in [6, 6.07) is 0. The number of carbonyl (C=O) groups is 2. The van der Waals surface area contributed by atoms with Crippen molar-refractivity contribution in [1.29, 1.82) is 0 Å². The molecular formula is C8H7F5O4. The minimum Gasteiger partial charge on any atom is -0.458 e. The van der Waals surface area contributed by atoms with Crippen molar-refractivity contribution in [3.63, 3.8) is 0 Å². The van der Waals surface area contributed by atoms with E-state index >= 15 is 0 Å². The number of carbonyl (C=O) groups excluding carboxylic acids is 2. The first-order chi connectivity index (χ1) is 7.70. The van der Waals surface area contributed by atoms with Crippen molar-refractivity contribution >= 4 is 11.9 Å². The lowest BCUT2D eigenvalue weighted by Gasteiger charge is -2.10. The molecule has 98 valence electrons. The van der Waals surface area contributed by atoms with E-state index in [9.17, 15) is 31.5 Å². The largest absolute Gasteiger partial charge is 0.458 e. The fourth-order valence-corrected chi connectivity index (χ4v) is 0.630. The van der Waals surface area contributed by atoms with Crippen molar-refractivity contribution in [2.45, 2.75) is 13.1 Å². The van der Waals surface area contributed by atoms with E-state index in [1.807, 2.05) is 0 Å². The van der Waals surface area contributed by atoms with Crippen LogP contribution in [0, 0.1) is 0 Å². The van der Waals surface area contributed by atoms with Crippen LogP contribution in [0.2, 0.25) is 0 Å². The Morgan fingerprint density at radius 2 is 1.53 bits per heavy atom. The summed E-state index contributed by atoms with van der Waals surface area (Å²) in [5, 5.41) is 0. The van der Waals surface area contributed by atoms with Crippen LogP contribution in [0.1, 0.15) is 6.92 Å². The van der Waals surface area contributed by atoms with E-state index in [1.54, 1.807) is 0 Å². The molecule has 0 saturated heterocycles. The number of hydrogen-bond acceptors (Lipinski definition) is 4. The molecule has 0 bridgehead atoms. The number of halogens is 5. The Hall–Kier alpha value is -1.67. The molecule has 0 heterocycles. The second kappa shape index (κ2) is 6.16. The minimum absolute atomic E-state index is 0.201. The van der Waals surface area contributed by atoms with Gasteiger partial charge in [-0.3, -0.25) is 0 Å². The first kappa shape index (κ1) is 15.3. The van der Waals surface area contributed by atoms with Gasteiger partial charge in [0.15, 0.2) is 0 Å². The quantitative estimate of drug-likeness (QED) is 0.442. The second-order valence-corrected chi connectivity index (χ2v) is 2.53. The topological polar surface area (TPSA) is 52.6 Å². The molecule has 0 aliphatic carbocycles. The van der Waals surface area contributed by atoms with E-state index in [0.717, 1.165) is 0 Å². The Labute approximate surface area is 92.0 Å². The van der Waals surface area contributed by atoms with Crippen molar-refractivity contribution in [3.8, 4) is 0 Å². The van der Waals surface area contributed by atoms with E-state index in [-0.39, 0.29) is 6.61 Å². The third kappa shape index (κ3) is 5.27. The Kier molecular flexibility index (Phi) is 5.56. The molecule has 0 aromatic carbocycles. The van der Waals surface area contributed by atoms with Gasteiger partial charge in [0.2, 0.25) is 0 Å². The van der Waals surface area contributed by atoms with E-state index in [0.29, 0.717) is 0 Å². The molecule has 0 aromatic rings. The van der Waals surface area contributed by atoms with Crippen molar-refractivity contribution in [2.75, 3.05) is 13.2 Å². The average molecular weight is 262 g/mol. The maximum atomic E-state index is 11.9. The second-order valence-electron chi connectivity index (χ2n) is 2.53. The van der Waals surface area contributed by atoms with Gasteiger partial charge in [0.05, 0.1) is 6.61 Å². The van der Waals surface area contributed by atoms with Gasteiger partial charge in [0.25, 0.3) is 6.08 Å². The van der Waals surface area contributed by atoms with E-state index in [1.165, 1.54) is 6.92 Å². The number of alkyl halides is 3. The molecule has 0 N–H and O–H groups in total. The van der Waals surface area contributed by atoms with Crippen molar-refractivity contribution in [3.05, 3.63) is 11.7 Å². The van der Waals surface area contributed by atoms with Gasteiger partial charge in [-0.1, -0.05) is 0 Å². The molecule has 0 aliphatic rings. The zero-order valence-electron chi connectivity index (χ0n) is 8.44. The standard InChI is InChI=1S/C8H7F5O4/c1-2-16-6(14)7(15)17-3-4(5(9)10)8(11,12)13/h2-3H2,1H3. The van der Waals surface area contributed by atoms with E-state index in [4.69, 9.17) is 0 Å². The summed E-state index contributed by atoms with van der Waals surface area (Å²) >= 11 is 0. The van der Waals surface area contributed by atoms with Gasteiger partial charge in [0.1, 0.15) is 12.2 Å². The van der Waals surface area contributed by atoms with Gasteiger partial charge in [-0.2, -0.15) is 22.0 Å². The Balaban J connectivity index is 4.51. The SMILES string of the molecule is CCOC(=O)C(=O)OCC(=C(F)F)C(F)(F)F. The van der Waals surface area contributed by atoms with Crippen LogP contribution in [0.3, 0.4) is 0 Å². The number of hydrogen-bond donors (Lipinski definition) is 0. The summed E-state index contributed by atoms with van der Waals surface area (Å²) in [5.41, 5.74) is -2.32. The van der Waals surface area contributed by atoms with Gasteiger partial charge in [-0.25, -0.2) is 9.59 Å². The molecule has 0 aromatic heterocycles. The maximum absolute atomic E-state index is 11.9. The zero-order valence-corrected chi connectivity index (χ0v) is 8.44.